The van der Waals surface area contributed by atoms with Crippen LogP contribution in [0.4, 0.5) is 0 Å². The van der Waals surface area contributed by atoms with Gasteiger partial charge < -0.3 is 9.84 Å². The lowest BCUT2D eigenvalue weighted by Gasteiger charge is -2.45. The summed E-state index contributed by atoms with van der Waals surface area (Å²) in [5, 5.41) is 19.3. The quantitative estimate of drug-likeness (QED) is 0.564. The summed E-state index contributed by atoms with van der Waals surface area (Å²) in [5.41, 5.74) is 1.51. The minimum absolute atomic E-state index is 0.0627. The molecule has 164 valence electrons. The maximum absolute atomic E-state index is 12.6. The van der Waals surface area contributed by atoms with Gasteiger partial charge in [-0.25, -0.2) is 0 Å². The van der Waals surface area contributed by atoms with E-state index >= 15 is 0 Å². The van der Waals surface area contributed by atoms with E-state index in [1.54, 1.807) is 19.2 Å². The molecule has 0 radical (unpaired) electrons. The first-order chi connectivity index (χ1) is 15.3. The molecule has 32 heavy (non-hydrogen) atoms. The summed E-state index contributed by atoms with van der Waals surface area (Å²) in [7, 11) is 0. The van der Waals surface area contributed by atoms with Crippen LogP contribution in [0.5, 0.6) is 0 Å². The first-order valence-electron chi connectivity index (χ1n) is 10.9. The van der Waals surface area contributed by atoms with Crippen LogP contribution in [0.25, 0.3) is 17.2 Å². The number of esters is 1. The predicted molar refractivity (Wildman–Crippen MR) is 119 cm³/mol. The van der Waals surface area contributed by atoms with Crippen molar-refractivity contribution in [2.75, 3.05) is 0 Å². The number of rotatable bonds is 4. The van der Waals surface area contributed by atoms with Gasteiger partial charge in [0, 0.05) is 23.2 Å². The SMILES string of the molecule is CC1C[C@@]2(C(=O)O)C(=O)O[C@H](C)[C@H]2[C@@H](/C=C/c2ccc(-c3ccccc3C#N)cn2)[C@@H]1C. The first-order valence-corrected chi connectivity index (χ1v) is 10.9. The molecule has 2 heterocycles. The standard InChI is InChI=1S/C26H26N2O4/c1-15-12-26(24(29)30)23(17(3)32-25(26)31)21(16(15)2)11-10-20-9-8-19(14-28-20)22-7-5-4-6-18(22)13-27/h4-11,14-17,21,23H,12H2,1-3H3,(H,29,30)/b11-10+/t15?,16-,17-,21+,23+,26-/m1/s1. The zero-order valence-electron chi connectivity index (χ0n) is 18.4. The molecular weight excluding hydrogens is 404 g/mol. The molecule has 6 heteroatoms. The molecule has 1 aromatic heterocycles. The number of aliphatic carboxylic acids is 1. The van der Waals surface area contributed by atoms with E-state index in [-0.39, 0.29) is 17.8 Å². The number of pyridine rings is 1. The van der Waals surface area contributed by atoms with E-state index in [1.165, 1.54) is 0 Å². The van der Waals surface area contributed by atoms with Crippen molar-refractivity contribution in [3.63, 3.8) is 0 Å². The van der Waals surface area contributed by atoms with E-state index in [0.29, 0.717) is 12.0 Å². The van der Waals surface area contributed by atoms with E-state index in [2.05, 4.69) is 18.0 Å². The van der Waals surface area contributed by atoms with Gasteiger partial charge in [-0.05, 0) is 49.3 Å². The fraction of sp³-hybridized carbons (Fsp3) is 0.385. The van der Waals surface area contributed by atoms with Crippen LogP contribution in [0.15, 0.2) is 48.7 Å². The molecule has 0 amide bonds. The molecule has 1 N–H and O–H groups in total. The van der Waals surface area contributed by atoms with Gasteiger partial charge in [-0.1, -0.05) is 44.2 Å². The van der Waals surface area contributed by atoms with E-state index < -0.39 is 29.4 Å². The lowest BCUT2D eigenvalue weighted by atomic mass is 9.55. The maximum atomic E-state index is 12.6. The minimum atomic E-state index is -1.49. The Morgan fingerprint density at radius 1 is 1.25 bits per heavy atom. The van der Waals surface area contributed by atoms with Gasteiger partial charge in [-0.15, -0.1) is 0 Å². The highest BCUT2D eigenvalue weighted by molar-refractivity contribution is 6.01. The summed E-state index contributed by atoms with van der Waals surface area (Å²) >= 11 is 0. The molecule has 1 unspecified atom stereocenters. The van der Waals surface area contributed by atoms with Crippen LogP contribution in [0.3, 0.4) is 0 Å². The Labute approximate surface area is 187 Å². The van der Waals surface area contributed by atoms with Gasteiger partial charge >= 0.3 is 11.9 Å². The predicted octanol–water partition coefficient (Wildman–Crippen LogP) is 4.56. The highest BCUT2D eigenvalue weighted by Gasteiger charge is 2.66. The van der Waals surface area contributed by atoms with Crippen molar-refractivity contribution in [1.29, 1.82) is 5.26 Å². The largest absolute Gasteiger partial charge is 0.480 e. The van der Waals surface area contributed by atoms with Gasteiger partial charge in [-0.2, -0.15) is 5.26 Å². The second kappa shape index (κ2) is 8.23. The van der Waals surface area contributed by atoms with Gasteiger partial charge in [0.15, 0.2) is 5.41 Å². The molecule has 4 rings (SSSR count). The van der Waals surface area contributed by atoms with Crippen LogP contribution in [-0.2, 0) is 14.3 Å². The monoisotopic (exact) mass is 430 g/mol. The summed E-state index contributed by atoms with van der Waals surface area (Å²) in [6, 6.07) is 13.4. The number of carbonyl (C=O) groups excluding carboxylic acids is 1. The average molecular weight is 431 g/mol. The number of cyclic esters (lactones) is 1. The van der Waals surface area contributed by atoms with Crippen LogP contribution in [0.2, 0.25) is 0 Å². The van der Waals surface area contributed by atoms with E-state index in [0.717, 1.165) is 16.8 Å². The van der Waals surface area contributed by atoms with Crippen LogP contribution < -0.4 is 0 Å². The molecule has 1 aliphatic carbocycles. The van der Waals surface area contributed by atoms with Gasteiger partial charge in [0.25, 0.3) is 0 Å². The summed E-state index contributed by atoms with van der Waals surface area (Å²) in [6.07, 6.45) is 5.46. The second-order valence-electron chi connectivity index (χ2n) is 9.02. The summed E-state index contributed by atoms with van der Waals surface area (Å²) in [4.78, 5) is 29.4. The van der Waals surface area contributed by atoms with Gasteiger partial charge in [0.1, 0.15) is 6.10 Å². The van der Waals surface area contributed by atoms with E-state index in [4.69, 9.17) is 4.74 Å². The molecule has 2 aliphatic rings. The topological polar surface area (TPSA) is 100 Å². The van der Waals surface area contributed by atoms with Gasteiger partial charge in [0.05, 0.1) is 17.3 Å². The Kier molecular flexibility index (Phi) is 5.60. The number of carbonyl (C=O) groups is 2. The maximum Gasteiger partial charge on any atom is 0.324 e. The smallest absolute Gasteiger partial charge is 0.324 e. The lowest BCUT2D eigenvalue weighted by Crippen LogP contribution is -2.52. The number of nitrogens with zero attached hydrogens (tertiary/aromatic N) is 2. The Bertz CT molecular complexity index is 1120. The normalized spacial score (nSPS) is 31.7. The molecule has 6 nitrogen and oxygen atoms in total. The highest BCUT2D eigenvalue weighted by Crippen LogP contribution is 2.56. The fourth-order valence-electron chi connectivity index (χ4n) is 5.46. The lowest BCUT2D eigenvalue weighted by molar-refractivity contribution is -0.167. The minimum Gasteiger partial charge on any atom is -0.480 e. The Balaban J connectivity index is 1.64. The van der Waals surface area contributed by atoms with E-state index in [1.807, 2.05) is 49.4 Å². The summed E-state index contributed by atoms with van der Waals surface area (Å²) in [6.45, 7) is 5.90. The first kappa shape index (κ1) is 21.8. The molecule has 1 saturated carbocycles. The highest BCUT2D eigenvalue weighted by atomic mass is 16.6. The number of fused-ring (bicyclic) bond motifs is 1. The number of ether oxygens (including phenoxy) is 1. The number of nitriles is 1. The zero-order valence-corrected chi connectivity index (χ0v) is 18.4. The van der Waals surface area contributed by atoms with Crippen molar-refractivity contribution >= 4 is 18.0 Å². The molecule has 1 saturated heterocycles. The van der Waals surface area contributed by atoms with Crippen molar-refractivity contribution < 1.29 is 19.4 Å². The molecule has 6 atom stereocenters. The molecule has 2 fully saturated rings. The van der Waals surface area contributed by atoms with Crippen molar-refractivity contribution in [3.8, 4) is 17.2 Å². The number of allylic oxidation sites excluding steroid dienone is 1. The zero-order chi connectivity index (χ0) is 23.0. The van der Waals surface area contributed by atoms with Crippen molar-refractivity contribution in [3.05, 3.63) is 59.9 Å². The molecule has 1 aliphatic heterocycles. The molecule has 1 aromatic carbocycles. The third kappa shape index (κ3) is 3.38. The Hall–Kier alpha value is -3.46. The Morgan fingerprint density at radius 3 is 2.66 bits per heavy atom. The number of carboxylic acids is 1. The number of hydrogen-bond acceptors (Lipinski definition) is 5. The van der Waals surface area contributed by atoms with E-state index in [9.17, 15) is 20.0 Å². The van der Waals surface area contributed by atoms with Crippen molar-refractivity contribution in [1.82, 2.24) is 4.98 Å². The number of carboxylic acid groups (broad SMARTS) is 1. The third-order valence-electron chi connectivity index (χ3n) is 7.31. The van der Waals surface area contributed by atoms with Crippen LogP contribution >= 0.6 is 0 Å². The second-order valence-corrected chi connectivity index (χ2v) is 9.02. The van der Waals surface area contributed by atoms with Gasteiger partial charge in [0.2, 0.25) is 0 Å². The third-order valence-corrected chi connectivity index (χ3v) is 7.31. The number of aromatic nitrogens is 1. The number of benzene rings is 1. The van der Waals surface area contributed by atoms with Crippen LogP contribution in [0.1, 0.15) is 38.4 Å². The van der Waals surface area contributed by atoms with Crippen LogP contribution in [0, 0.1) is 40.4 Å². The van der Waals surface area contributed by atoms with Crippen LogP contribution in [-0.4, -0.2) is 28.1 Å². The fourth-order valence-corrected chi connectivity index (χ4v) is 5.46. The van der Waals surface area contributed by atoms with Gasteiger partial charge in [-0.3, -0.25) is 14.6 Å². The average Bonchev–Trinajstić information content (AvgIpc) is 3.04. The number of hydrogen-bond donors (Lipinski definition) is 1. The summed E-state index contributed by atoms with van der Waals surface area (Å²) in [5.74, 6) is -1.99. The Morgan fingerprint density at radius 2 is 2.00 bits per heavy atom. The van der Waals surface area contributed by atoms with Crippen molar-refractivity contribution in [2.45, 2.75) is 33.3 Å². The summed E-state index contributed by atoms with van der Waals surface area (Å²) < 4.78 is 5.44. The van der Waals surface area contributed by atoms with Crippen molar-refractivity contribution in [2.24, 2.45) is 29.1 Å². The molecule has 2 aromatic rings. The molecule has 0 spiro atoms. The molecular formula is C26H26N2O4. The molecule has 0 bridgehead atoms.